The minimum absolute atomic E-state index is 0.125. The number of hydrogen-bond acceptors (Lipinski definition) is 5. The maximum Gasteiger partial charge on any atom is 0.416 e. The fourth-order valence-electron chi connectivity index (χ4n) is 3.15. The number of amides is 1. The zero-order valence-electron chi connectivity index (χ0n) is 15.7. The van der Waals surface area contributed by atoms with E-state index in [4.69, 9.17) is 5.73 Å². The van der Waals surface area contributed by atoms with Crippen molar-refractivity contribution in [2.45, 2.75) is 19.1 Å². The van der Waals surface area contributed by atoms with Crippen LogP contribution in [0, 0.1) is 11.8 Å². The highest BCUT2D eigenvalue weighted by Gasteiger charge is 2.34. The molecule has 0 radical (unpaired) electrons. The summed E-state index contributed by atoms with van der Waals surface area (Å²) in [6.07, 6.45) is -0.0233. The molecule has 0 saturated heterocycles. The number of rotatable bonds is 1. The number of halogens is 3. The van der Waals surface area contributed by atoms with Gasteiger partial charge in [0, 0.05) is 24.6 Å². The van der Waals surface area contributed by atoms with Crippen LogP contribution in [0.3, 0.4) is 0 Å². The van der Waals surface area contributed by atoms with E-state index in [1.54, 1.807) is 4.68 Å². The third-order valence-corrected chi connectivity index (χ3v) is 4.63. The van der Waals surface area contributed by atoms with Gasteiger partial charge in [0.15, 0.2) is 0 Å². The highest BCUT2D eigenvalue weighted by atomic mass is 19.4. The van der Waals surface area contributed by atoms with E-state index in [0.29, 0.717) is 16.8 Å². The lowest BCUT2D eigenvalue weighted by molar-refractivity contribution is -0.137. The summed E-state index contributed by atoms with van der Waals surface area (Å²) in [5, 5.41) is 4.26. The van der Waals surface area contributed by atoms with Crippen LogP contribution in [-0.4, -0.2) is 32.2 Å². The molecule has 1 aliphatic heterocycles. The fraction of sp³-hybridized carbons (Fsp3) is 0.200. The second-order valence-corrected chi connectivity index (χ2v) is 6.74. The molecule has 1 unspecified atom stereocenters. The van der Waals surface area contributed by atoms with Crippen molar-refractivity contribution in [2.24, 2.45) is 0 Å². The maximum atomic E-state index is 13.1. The summed E-state index contributed by atoms with van der Waals surface area (Å²) in [6.45, 7) is 2.14. The van der Waals surface area contributed by atoms with Crippen LogP contribution in [0.2, 0.25) is 0 Å². The van der Waals surface area contributed by atoms with Crippen molar-refractivity contribution in [1.29, 1.82) is 0 Å². The molecular weight excluding hydrogens is 397 g/mol. The minimum atomic E-state index is -4.44. The van der Waals surface area contributed by atoms with Gasteiger partial charge < -0.3 is 10.6 Å². The topological polar surface area (TPSA) is 89.9 Å². The second kappa shape index (κ2) is 7.18. The third-order valence-electron chi connectivity index (χ3n) is 4.63. The normalized spacial score (nSPS) is 16.1. The fourth-order valence-corrected chi connectivity index (χ4v) is 3.15. The van der Waals surface area contributed by atoms with E-state index in [-0.39, 0.29) is 30.1 Å². The summed E-state index contributed by atoms with van der Waals surface area (Å²) in [4.78, 5) is 22.3. The van der Waals surface area contributed by atoms with Gasteiger partial charge in [0.05, 0.1) is 28.9 Å². The van der Waals surface area contributed by atoms with Gasteiger partial charge in [-0.1, -0.05) is 11.8 Å². The van der Waals surface area contributed by atoms with Crippen LogP contribution in [0.15, 0.2) is 42.9 Å². The monoisotopic (exact) mass is 412 g/mol. The molecule has 1 aliphatic rings. The molecule has 3 heterocycles. The van der Waals surface area contributed by atoms with Crippen molar-refractivity contribution >= 4 is 17.5 Å². The van der Waals surface area contributed by atoms with Crippen LogP contribution in [0.25, 0.3) is 0 Å². The van der Waals surface area contributed by atoms with Crippen molar-refractivity contribution < 1.29 is 18.0 Å². The lowest BCUT2D eigenvalue weighted by Gasteiger charge is -2.32. The van der Waals surface area contributed by atoms with Crippen LogP contribution in [0.1, 0.15) is 40.1 Å². The van der Waals surface area contributed by atoms with Gasteiger partial charge in [0.2, 0.25) is 5.95 Å². The molecule has 152 valence electrons. The van der Waals surface area contributed by atoms with Crippen LogP contribution < -0.4 is 10.6 Å². The van der Waals surface area contributed by atoms with E-state index < -0.39 is 11.7 Å². The molecule has 2 N–H and O–H groups in total. The predicted molar refractivity (Wildman–Crippen MR) is 102 cm³/mol. The molecule has 0 saturated carbocycles. The van der Waals surface area contributed by atoms with Crippen molar-refractivity contribution in [3.05, 3.63) is 65.2 Å². The average molecular weight is 412 g/mol. The number of carbonyl (C=O) groups excluding carboxylic acids is 1. The summed E-state index contributed by atoms with van der Waals surface area (Å²) in [6, 6.07) is 4.31. The summed E-state index contributed by atoms with van der Waals surface area (Å²) >= 11 is 0. The van der Waals surface area contributed by atoms with E-state index in [1.807, 2.05) is 6.92 Å². The average Bonchev–Trinajstić information content (AvgIpc) is 3.15. The maximum absolute atomic E-state index is 13.1. The zero-order chi connectivity index (χ0) is 21.5. The number of alkyl halides is 3. The first kappa shape index (κ1) is 19.4. The SMILES string of the molecule is CC1CN(c2ccc(C(F)(F)F)cc2)C(=O)c2c(C#Cc3cnc(N)nc3)cnn21. The van der Waals surface area contributed by atoms with E-state index in [1.165, 1.54) is 35.6 Å². The van der Waals surface area contributed by atoms with Crippen molar-refractivity contribution in [3.63, 3.8) is 0 Å². The molecule has 2 aromatic heterocycles. The van der Waals surface area contributed by atoms with Gasteiger partial charge in [0.1, 0.15) is 5.69 Å². The minimum Gasteiger partial charge on any atom is -0.368 e. The van der Waals surface area contributed by atoms with E-state index in [2.05, 4.69) is 26.9 Å². The predicted octanol–water partition coefficient (Wildman–Crippen LogP) is 2.90. The highest BCUT2D eigenvalue weighted by Crippen LogP contribution is 2.32. The summed E-state index contributed by atoms with van der Waals surface area (Å²) in [5.74, 6) is 5.49. The first-order valence-electron chi connectivity index (χ1n) is 8.90. The number of hydrogen-bond donors (Lipinski definition) is 1. The Hall–Kier alpha value is -3.87. The van der Waals surface area contributed by atoms with E-state index >= 15 is 0 Å². The Morgan fingerprint density at radius 3 is 2.40 bits per heavy atom. The number of benzene rings is 1. The lowest BCUT2D eigenvalue weighted by atomic mass is 10.1. The Kier molecular flexibility index (Phi) is 4.66. The second-order valence-electron chi connectivity index (χ2n) is 6.74. The van der Waals surface area contributed by atoms with E-state index in [9.17, 15) is 18.0 Å². The Morgan fingerprint density at radius 1 is 1.10 bits per heavy atom. The molecule has 3 aromatic rings. The summed E-state index contributed by atoms with van der Waals surface area (Å²) in [5.41, 5.74) is 6.24. The lowest BCUT2D eigenvalue weighted by Crippen LogP contribution is -2.43. The van der Waals surface area contributed by atoms with Crippen LogP contribution in [-0.2, 0) is 6.18 Å². The van der Waals surface area contributed by atoms with Gasteiger partial charge in [-0.05, 0) is 31.2 Å². The number of anilines is 2. The number of fused-ring (bicyclic) bond motifs is 1. The van der Waals surface area contributed by atoms with Gasteiger partial charge in [-0.25, -0.2) is 9.97 Å². The summed E-state index contributed by atoms with van der Waals surface area (Å²) in [7, 11) is 0. The molecule has 1 atom stereocenters. The number of aromatic nitrogens is 4. The molecular formula is C20H15F3N6O. The molecule has 1 amide bonds. The quantitative estimate of drug-likeness (QED) is 0.621. The van der Waals surface area contributed by atoms with Crippen LogP contribution >= 0.6 is 0 Å². The van der Waals surface area contributed by atoms with Crippen molar-refractivity contribution in [2.75, 3.05) is 17.2 Å². The first-order valence-corrected chi connectivity index (χ1v) is 8.90. The molecule has 7 nitrogen and oxygen atoms in total. The molecule has 1 aromatic carbocycles. The number of nitrogen functional groups attached to an aromatic ring is 1. The van der Waals surface area contributed by atoms with Gasteiger partial charge in [-0.3, -0.25) is 9.48 Å². The molecule has 0 aliphatic carbocycles. The molecule has 4 rings (SSSR count). The van der Waals surface area contributed by atoms with Crippen molar-refractivity contribution in [3.8, 4) is 11.8 Å². The van der Waals surface area contributed by atoms with Crippen LogP contribution in [0.5, 0.6) is 0 Å². The molecule has 30 heavy (non-hydrogen) atoms. The Bertz CT molecular complexity index is 1160. The Balaban J connectivity index is 1.67. The van der Waals surface area contributed by atoms with Gasteiger partial charge in [-0.15, -0.1) is 0 Å². The molecule has 0 spiro atoms. The van der Waals surface area contributed by atoms with Crippen molar-refractivity contribution in [1.82, 2.24) is 19.7 Å². The number of nitrogens with zero attached hydrogens (tertiary/aromatic N) is 5. The van der Waals surface area contributed by atoms with E-state index in [0.717, 1.165) is 12.1 Å². The Labute approximate surface area is 169 Å². The molecule has 10 heteroatoms. The van der Waals surface area contributed by atoms with Gasteiger partial charge in [0.25, 0.3) is 5.91 Å². The molecule has 0 fully saturated rings. The Morgan fingerprint density at radius 2 is 1.77 bits per heavy atom. The van der Waals surface area contributed by atoms with Crippen LogP contribution in [0.4, 0.5) is 24.8 Å². The molecule has 0 bridgehead atoms. The largest absolute Gasteiger partial charge is 0.416 e. The van der Waals surface area contributed by atoms with Gasteiger partial charge in [-0.2, -0.15) is 18.3 Å². The number of carbonyl (C=O) groups is 1. The number of nitrogens with two attached hydrogens (primary N) is 1. The third kappa shape index (κ3) is 3.57. The summed E-state index contributed by atoms with van der Waals surface area (Å²) < 4.78 is 40.1. The standard InChI is InChI=1S/C20H15F3N6O/c1-12-11-28(16-6-4-15(5-7-16)20(21,22)23)18(30)17-14(10-27-29(12)17)3-2-13-8-25-19(24)26-9-13/h4-10,12H,11H2,1H3,(H2,24,25,26). The zero-order valence-corrected chi connectivity index (χ0v) is 15.7. The first-order chi connectivity index (χ1) is 14.2. The highest BCUT2D eigenvalue weighted by molar-refractivity contribution is 6.07. The smallest absolute Gasteiger partial charge is 0.368 e. The van der Waals surface area contributed by atoms with Gasteiger partial charge >= 0.3 is 6.18 Å².